The van der Waals surface area contributed by atoms with E-state index in [-0.39, 0.29) is 6.03 Å². The Morgan fingerprint density at radius 1 is 1.39 bits per heavy atom. The maximum absolute atomic E-state index is 11.9. The highest BCUT2D eigenvalue weighted by Gasteiger charge is 2.34. The quantitative estimate of drug-likeness (QED) is 0.873. The molecule has 2 amide bonds. The third-order valence-corrected chi connectivity index (χ3v) is 4.06. The Labute approximate surface area is 117 Å². The third kappa shape index (κ3) is 2.97. The number of carbonyl (C=O) groups is 2. The largest absolute Gasteiger partial charge is 0.480 e. The van der Waals surface area contributed by atoms with Crippen molar-refractivity contribution in [2.45, 2.75) is 6.04 Å². The summed E-state index contributed by atoms with van der Waals surface area (Å²) >= 11 is 4.74. The molecule has 1 aromatic rings. The van der Waals surface area contributed by atoms with Crippen LogP contribution in [-0.4, -0.2) is 39.7 Å². The van der Waals surface area contributed by atoms with Crippen molar-refractivity contribution in [1.82, 2.24) is 4.90 Å². The number of nitrogens with one attached hydrogen (secondary N) is 1. The summed E-state index contributed by atoms with van der Waals surface area (Å²) in [5.41, 5.74) is 0.643. The number of urea groups is 1. The number of amides is 2. The van der Waals surface area contributed by atoms with Crippen molar-refractivity contribution in [1.29, 1.82) is 0 Å². The number of rotatable bonds is 2. The third-order valence-electron chi connectivity index (χ3n) is 2.52. The van der Waals surface area contributed by atoms with Crippen molar-refractivity contribution in [3.05, 3.63) is 28.7 Å². The molecule has 0 aliphatic carbocycles. The minimum Gasteiger partial charge on any atom is -0.480 e. The summed E-state index contributed by atoms with van der Waals surface area (Å²) in [5, 5.41) is 11.7. The molecule has 1 aliphatic rings. The Hall–Kier alpha value is -1.21. The van der Waals surface area contributed by atoms with Crippen LogP contribution in [0.3, 0.4) is 0 Å². The molecule has 1 fully saturated rings. The van der Waals surface area contributed by atoms with Gasteiger partial charge in [-0.2, -0.15) is 0 Å². The summed E-state index contributed by atoms with van der Waals surface area (Å²) in [6, 6.07) is 5.99. The fourth-order valence-corrected chi connectivity index (χ4v) is 2.99. The van der Waals surface area contributed by atoms with Crippen LogP contribution < -0.4 is 5.32 Å². The standard InChI is InChI=1S/C11H11BrN2O3S/c12-7-1-3-8(4-2-7)13-11(17)14-6-18-5-9(14)10(15)16/h1-4,9H,5-6H2,(H,13,17)(H,15,16). The summed E-state index contributed by atoms with van der Waals surface area (Å²) in [4.78, 5) is 24.2. The van der Waals surface area contributed by atoms with E-state index in [1.807, 2.05) is 12.1 Å². The van der Waals surface area contributed by atoms with E-state index in [0.717, 1.165) is 4.47 Å². The molecular formula is C11H11BrN2O3S. The number of benzene rings is 1. The Morgan fingerprint density at radius 3 is 2.67 bits per heavy atom. The molecule has 0 bridgehead atoms. The molecule has 0 radical (unpaired) electrons. The fraction of sp³-hybridized carbons (Fsp3) is 0.273. The molecule has 5 nitrogen and oxygen atoms in total. The zero-order valence-electron chi connectivity index (χ0n) is 9.30. The summed E-state index contributed by atoms with van der Waals surface area (Å²) in [6.07, 6.45) is 0. The lowest BCUT2D eigenvalue weighted by Crippen LogP contribution is -2.43. The Balaban J connectivity index is 2.03. The van der Waals surface area contributed by atoms with Gasteiger partial charge in [0, 0.05) is 15.9 Å². The van der Waals surface area contributed by atoms with E-state index in [1.54, 1.807) is 12.1 Å². The number of anilines is 1. The van der Waals surface area contributed by atoms with Gasteiger partial charge in [-0.1, -0.05) is 15.9 Å². The number of aliphatic carboxylic acids is 1. The van der Waals surface area contributed by atoms with Gasteiger partial charge in [0.15, 0.2) is 0 Å². The second-order valence-corrected chi connectivity index (χ2v) is 5.68. The number of halogens is 1. The van der Waals surface area contributed by atoms with E-state index in [2.05, 4.69) is 21.2 Å². The first-order valence-electron chi connectivity index (χ1n) is 5.21. The first-order valence-corrected chi connectivity index (χ1v) is 7.16. The van der Waals surface area contributed by atoms with Crippen molar-refractivity contribution in [2.24, 2.45) is 0 Å². The highest BCUT2D eigenvalue weighted by Crippen LogP contribution is 2.22. The van der Waals surface area contributed by atoms with Crippen molar-refractivity contribution in [3.8, 4) is 0 Å². The van der Waals surface area contributed by atoms with E-state index in [0.29, 0.717) is 17.3 Å². The van der Waals surface area contributed by atoms with Crippen LogP contribution in [0, 0.1) is 0 Å². The SMILES string of the molecule is O=C(O)C1CSCN1C(=O)Nc1ccc(Br)cc1. The molecule has 96 valence electrons. The predicted octanol–water partition coefficient (Wildman–Crippen LogP) is 2.44. The van der Waals surface area contributed by atoms with E-state index < -0.39 is 12.0 Å². The predicted molar refractivity (Wildman–Crippen MR) is 73.7 cm³/mol. The zero-order valence-corrected chi connectivity index (χ0v) is 11.7. The van der Waals surface area contributed by atoms with Gasteiger partial charge in [0.1, 0.15) is 6.04 Å². The van der Waals surface area contributed by atoms with Gasteiger partial charge in [0.25, 0.3) is 0 Å². The van der Waals surface area contributed by atoms with E-state index in [1.165, 1.54) is 16.7 Å². The first-order chi connectivity index (χ1) is 8.58. The molecule has 18 heavy (non-hydrogen) atoms. The van der Waals surface area contributed by atoms with E-state index in [4.69, 9.17) is 5.11 Å². The lowest BCUT2D eigenvalue weighted by atomic mass is 10.3. The number of hydrogen-bond acceptors (Lipinski definition) is 3. The molecule has 0 aromatic heterocycles. The number of carboxylic acid groups (broad SMARTS) is 1. The van der Waals surface area contributed by atoms with Crippen LogP contribution in [0.25, 0.3) is 0 Å². The van der Waals surface area contributed by atoms with Crippen molar-refractivity contribution < 1.29 is 14.7 Å². The normalized spacial score (nSPS) is 18.7. The summed E-state index contributed by atoms with van der Waals surface area (Å²) in [6.45, 7) is 0. The molecule has 1 aromatic carbocycles. The summed E-state index contributed by atoms with van der Waals surface area (Å²) < 4.78 is 0.917. The number of carboxylic acids is 1. The topological polar surface area (TPSA) is 69.6 Å². The molecule has 2 N–H and O–H groups in total. The lowest BCUT2D eigenvalue weighted by Gasteiger charge is -2.20. The summed E-state index contributed by atoms with van der Waals surface area (Å²) in [7, 11) is 0. The Kier molecular flexibility index (Phi) is 4.13. The second kappa shape index (κ2) is 5.62. The maximum Gasteiger partial charge on any atom is 0.327 e. The van der Waals surface area contributed by atoms with Gasteiger partial charge in [-0.3, -0.25) is 0 Å². The van der Waals surface area contributed by atoms with Crippen molar-refractivity contribution in [2.75, 3.05) is 16.9 Å². The maximum atomic E-state index is 11.9. The number of carbonyl (C=O) groups excluding carboxylic acids is 1. The molecule has 7 heteroatoms. The number of thioether (sulfide) groups is 1. The Bertz CT molecular complexity index is 466. The monoisotopic (exact) mass is 330 g/mol. The highest BCUT2D eigenvalue weighted by molar-refractivity contribution is 9.10. The van der Waals surface area contributed by atoms with Gasteiger partial charge in [-0.15, -0.1) is 11.8 Å². The van der Waals surface area contributed by atoms with Crippen LogP contribution in [0.5, 0.6) is 0 Å². The van der Waals surface area contributed by atoms with Crippen molar-refractivity contribution in [3.63, 3.8) is 0 Å². The minimum absolute atomic E-state index is 0.380. The molecule has 1 saturated heterocycles. The van der Waals surface area contributed by atoms with Crippen LogP contribution in [0.15, 0.2) is 28.7 Å². The molecule has 2 rings (SSSR count). The van der Waals surface area contributed by atoms with Crippen molar-refractivity contribution >= 4 is 45.4 Å². The molecule has 1 heterocycles. The van der Waals surface area contributed by atoms with Crippen LogP contribution in [0.1, 0.15) is 0 Å². The van der Waals surface area contributed by atoms with Gasteiger partial charge in [0.2, 0.25) is 0 Å². The smallest absolute Gasteiger partial charge is 0.327 e. The van der Waals surface area contributed by atoms with Crippen LogP contribution in [-0.2, 0) is 4.79 Å². The highest BCUT2D eigenvalue weighted by atomic mass is 79.9. The van der Waals surface area contributed by atoms with E-state index in [9.17, 15) is 9.59 Å². The second-order valence-electron chi connectivity index (χ2n) is 3.76. The lowest BCUT2D eigenvalue weighted by molar-refractivity contribution is -0.140. The average Bonchev–Trinajstić information content (AvgIpc) is 2.81. The van der Waals surface area contributed by atoms with Gasteiger partial charge in [-0.05, 0) is 24.3 Å². The van der Waals surface area contributed by atoms with E-state index >= 15 is 0 Å². The average molecular weight is 331 g/mol. The molecule has 1 atom stereocenters. The first kappa shape index (κ1) is 13.2. The Morgan fingerprint density at radius 2 is 2.06 bits per heavy atom. The zero-order chi connectivity index (χ0) is 13.1. The van der Waals surface area contributed by atoms with Gasteiger partial charge in [0.05, 0.1) is 5.88 Å². The molecule has 1 unspecified atom stereocenters. The fourth-order valence-electron chi connectivity index (χ4n) is 1.58. The summed E-state index contributed by atoms with van der Waals surface area (Å²) in [5.74, 6) is -0.131. The minimum atomic E-state index is -0.967. The molecule has 1 aliphatic heterocycles. The molecule has 0 saturated carbocycles. The van der Waals surface area contributed by atoms with Gasteiger partial charge < -0.3 is 15.3 Å². The number of nitrogens with zero attached hydrogens (tertiary/aromatic N) is 1. The molecular weight excluding hydrogens is 320 g/mol. The van der Waals surface area contributed by atoms with Crippen LogP contribution in [0.2, 0.25) is 0 Å². The number of hydrogen-bond donors (Lipinski definition) is 2. The van der Waals surface area contributed by atoms with Gasteiger partial charge >= 0.3 is 12.0 Å². The van der Waals surface area contributed by atoms with Gasteiger partial charge in [-0.25, -0.2) is 9.59 Å². The van der Waals surface area contributed by atoms with Crippen LogP contribution >= 0.6 is 27.7 Å². The van der Waals surface area contributed by atoms with Crippen LogP contribution in [0.4, 0.5) is 10.5 Å². The molecule has 0 spiro atoms.